The van der Waals surface area contributed by atoms with E-state index in [0.717, 1.165) is 41.9 Å². The van der Waals surface area contributed by atoms with Gasteiger partial charge in [-0.1, -0.05) is 37.3 Å². The Morgan fingerprint density at radius 3 is 2.52 bits per heavy atom. The summed E-state index contributed by atoms with van der Waals surface area (Å²) in [6.07, 6.45) is 2.30. The Hall–Kier alpha value is -3.15. The molecular weight excluding hydrogens is 388 g/mol. The molecule has 1 saturated heterocycles. The van der Waals surface area contributed by atoms with Crippen molar-refractivity contribution >= 4 is 28.5 Å². The maximum atomic E-state index is 13.5. The van der Waals surface area contributed by atoms with Gasteiger partial charge in [0, 0.05) is 24.7 Å². The van der Waals surface area contributed by atoms with Crippen molar-refractivity contribution in [1.29, 1.82) is 0 Å². The van der Waals surface area contributed by atoms with Gasteiger partial charge in [0.1, 0.15) is 12.4 Å². The number of carbonyl (C=O) groups is 2. The second-order valence-corrected chi connectivity index (χ2v) is 8.34. The number of fused-ring (bicyclic) bond motifs is 1. The van der Waals surface area contributed by atoms with Crippen molar-refractivity contribution in [1.82, 2.24) is 14.5 Å². The summed E-state index contributed by atoms with van der Waals surface area (Å²) in [5.74, 6) is 0.961. The van der Waals surface area contributed by atoms with Crippen LogP contribution in [0.1, 0.15) is 51.9 Å². The molecule has 6 nitrogen and oxygen atoms in total. The Kier molecular flexibility index (Phi) is 6.07. The van der Waals surface area contributed by atoms with Gasteiger partial charge in [-0.25, -0.2) is 4.98 Å². The molecule has 0 radical (unpaired) electrons. The van der Waals surface area contributed by atoms with Gasteiger partial charge in [0.15, 0.2) is 0 Å². The van der Waals surface area contributed by atoms with Crippen LogP contribution in [0.2, 0.25) is 0 Å². The van der Waals surface area contributed by atoms with Crippen LogP contribution in [0.4, 0.5) is 5.69 Å². The van der Waals surface area contributed by atoms with Gasteiger partial charge in [-0.2, -0.15) is 0 Å². The summed E-state index contributed by atoms with van der Waals surface area (Å²) in [6.45, 7) is 6.88. The number of carbonyl (C=O) groups excluding carboxylic acids is 2. The molecule has 2 aromatic carbocycles. The normalized spacial score (nSPS) is 16.3. The van der Waals surface area contributed by atoms with E-state index in [2.05, 4.69) is 0 Å². The van der Waals surface area contributed by atoms with E-state index < -0.39 is 0 Å². The number of hydrogen-bond acceptors (Lipinski definition) is 3. The molecule has 1 unspecified atom stereocenters. The highest BCUT2D eigenvalue weighted by Gasteiger charge is 2.34. The van der Waals surface area contributed by atoms with E-state index in [1.165, 1.54) is 0 Å². The minimum atomic E-state index is -0.0862. The fourth-order valence-corrected chi connectivity index (χ4v) is 4.58. The summed E-state index contributed by atoms with van der Waals surface area (Å²) in [5.41, 5.74) is 2.67. The van der Waals surface area contributed by atoms with Crippen LogP contribution >= 0.6 is 0 Å². The molecule has 1 atom stereocenters. The van der Waals surface area contributed by atoms with E-state index in [9.17, 15) is 9.59 Å². The molecular formula is C25H30N4O2. The van der Waals surface area contributed by atoms with Crippen LogP contribution in [0, 0.1) is 0 Å². The lowest BCUT2D eigenvalue weighted by Crippen LogP contribution is -2.40. The Morgan fingerprint density at radius 2 is 1.81 bits per heavy atom. The van der Waals surface area contributed by atoms with E-state index in [-0.39, 0.29) is 30.4 Å². The molecule has 0 aliphatic carbocycles. The first-order chi connectivity index (χ1) is 15.0. The van der Waals surface area contributed by atoms with Crippen LogP contribution < -0.4 is 4.90 Å². The third kappa shape index (κ3) is 4.07. The van der Waals surface area contributed by atoms with Crippen molar-refractivity contribution in [3.05, 3.63) is 60.4 Å². The number of hydrogen-bond donors (Lipinski definition) is 0. The predicted octanol–water partition coefficient (Wildman–Crippen LogP) is 4.55. The Labute approximate surface area is 183 Å². The number of imidazole rings is 1. The van der Waals surface area contributed by atoms with Gasteiger partial charge < -0.3 is 14.4 Å². The molecule has 6 heteroatoms. The maximum absolute atomic E-state index is 13.5. The first-order valence-electron chi connectivity index (χ1n) is 11.1. The highest BCUT2D eigenvalue weighted by molar-refractivity contribution is 5.94. The van der Waals surface area contributed by atoms with Crippen molar-refractivity contribution in [2.24, 2.45) is 0 Å². The Morgan fingerprint density at radius 1 is 1.10 bits per heavy atom. The highest BCUT2D eigenvalue weighted by Crippen LogP contribution is 2.34. The lowest BCUT2D eigenvalue weighted by atomic mass is 10.2. The summed E-state index contributed by atoms with van der Waals surface area (Å²) in [6, 6.07) is 17.6. The molecule has 1 fully saturated rings. The Bertz CT molecular complexity index is 1070. The lowest BCUT2D eigenvalue weighted by Gasteiger charge is -2.29. The molecule has 0 bridgehead atoms. The van der Waals surface area contributed by atoms with Crippen LogP contribution in [0.5, 0.6) is 0 Å². The summed E-state index contributed by atoms with van der Waals surface area (Å²) < 4.78 is 2.02. The van der Waals surface area contributed by atoms with Crippen LogP contribution in [-0.2, 0) is 16.1 Å². The van der Waals surface area contributed by atoms with Gasteiger partial charge in [-0.05, 0) is 51.0 Å². The molecule has 1 aromatic heterocycles. The number of anilines is 1. The van der Waals surface area contributed by atoms with E-state index in [0.29, 0.717) is 6.42 Å². The number of amides is 2. The second-order valence-electron chi connectivity index (χ2n) is 8.34. The Balaban J connectivity index is 1.74. The molecule has 162 valence electrons. The van der Waals surface area contributed by atoms with E-state index in [1.807, 2.05) is 89.7 Å². The fourth-order valence-electron chi connectivity index (χ4n) is 4.58. The molecule has 1 aliphatic heterocycles. The number of aromatic nitrogens is 2. The first kappa shape index (κ1) is 21.1. The summed E-state index contributed by atoms with van der Waals surface area (Å²) in [5, 5.41) is 0. The van der Waals surface area contributed by atoms with Crippen molar-refractivity contribution in [2.45, 2.75) is 58.7 Å². The molecule has 3 aromatic rings. The minimum Gasteiger partial charge on any atom is -0.333 e. The second kappa shape index (κ2) is 8.92. The van der Waals surface area contributed by atoms with Gasteiger partial charge in [-0.3, -0.25) is 9.59 Å². The lowest BCUT2D eigenvalue weighted by molar-refractivity contribution is -0.131. The van der Waals surface area contributed by atoms with E-state index in [4.69, 9.17) is 4.98 Å². The fraction of sp³-hybridized carbons (Fsp3) is 0.400. The van der Waals surface area contributed by atoms with Crippen molar-refractivity contribution in [2.75, 3.05) is 11.4 Å². The number of para-hydroxylation sites is 3. The molecule has 2 heterocycles. The number of rotatable bonds is 6. The smallest absolute Gasteiger partial charge is 0.247 e. The maximum Gasteiger partial charge on any atom is 0.247 e. The van der Waals surface area contributed by atoms with Gasteiger partial charge in [-0.15, -0.1) is 0 Å². The number of benzene rings is 2. The average molecular weight is 419 g/mol. The van der Waals surface area contributed by atoms with Crippen LogP contribution in [0.15, 0.2) is 54.6 Å². The summed E-state index contributed by atoms with van der Waals surface area (Å²) in [7, 11) is 0. The van der Waals surface area contributed by atoms with Crippen LogP contribution in [-0.4, -0.2) is 38.9 Å². The molecule has 31 heavy (non-hydrogen) atoms. The molecule has 0 saturated carbocycles. The largest absolute Gasteiger partial charge is 0.333 e. The van der Waals surface area contributed by atoms with Gasteiger partial charge in [0.2, 0.25) is 11.8 Å². The monoisotopic (exact) mass is 418 g/mol. The first-order valence-corrected chi connectivity index (χ1v) is 11.1. The van der Waals surface area contributed by atoms with Crippen LogP contribution in [0.3, 0.4) is 0 Å². The predicted molar refractivity (Wildman–Crippen MR) is 123 cm³/mol. The zero-order valence-corrected chi connectivity index (χ0v) is 18.5. The highest BCUT2D eigenvalue weighted by atomic mass is 16.2. The number of likely N-dealkylation sites (tertiary alicyclic amines) is 1. The zero-order valence-electron chi connectivity index (χ0n) is 18.5. The van der Waals surface area contributed by atoms with Crippen LogP contribution in [0.25, 0.3) is 11.0 Å². The SMILES string of the molecule is CCC(=O)N1CCCC1c1nc2ccccc2n1CC(=O)N(c1ccccc1)C(C)C. The standard InChI is InChI=1S/C25H30N4O2/c1-4-23(30)27-16-10-15-22(27)25-26-20-13-8-9-14-21(20)28(25)17-24(31)29(18(2)3)19-11-6-5-7-12-19/h5-9,11-14,18,22H,4,10,15-17H2,1-3H3. The van der Waals surface area contributed by atoms with Gasteiger partial charge in [0.25, 0.3) is 0 Å². The molecule has 4 rings (SSSR count). The zero-order chi connectivity index (χ0) is 22.0. The molecule has 0 spiro atoms. The summed E-state index contributed by atoms with van der Waals surface area (Å²) in [4.78, 5) is 34.7. The average Bonchev–Trinajstić information content (AvgIpc) is 3.39. The third-order valence-electron chi connectivity index (χ3n) is 5.97. The molecule has 0 N–H and O–H groups in total. The summed E-state index contributed by atoms with van der Waals surface area (Å²) >= 11 is 0. The van der Waals surface area contributed by atoms with Crippen molar-refractivity contribution in [3.63, 3.8) is 0 Å². The van der Waals surface area contributed by atoms with E-state index in [1.54, 1.807) is 0 Å². The topological polar surface area (TPSA) is 58.4 Å². The molecule has 1 aliphatic rings. The van der Waals surface area contributed by atoms with Crippen molar-refractivity contribution in [3.8, 4) is 0 Å². The van der Waals surface area contributed by atoms with Gasteiger partial charge >= 0.3 is 0 Å². The van der Waals surface area contributed by atoms with Gasteiger partial charge in [0.05, 0.1) is 17.1 Å². The third-order valence-corrected chi connectivity index (χ3v) is 5.97. The van der Waals surface area contributed by atoms with E-state index >= 15 is 0 Å². The minimum absolute atomic E-state index is 0.0111. The van der Waals surface area contributed by atoms with Crippen molar-refractivity contribution < 1.29 is 9.59 Å². The quantitative estimate of drug-likeness (QED) is 0.590. The molecule has 2 amide bonds. The number of nitrogens with zero attached hydrogens (tertiary/aromatic N) is 4.